The van der Waals surface area contributed by atoms with E-state index in [4.69, 9.17) is 11.6 Å². The molecule has 0 amide bonds. The van der Waals surface area contributed by atoms with Crippen LogP contribution in [0, 0.1) is 5.92 Å². The van der Waals surface area contributed by atoms with Crippen LogP contribution in [0.1, 0.15) is 31.7 Å². The van der Waals surface area contributed by atoms with Crippen LogP contribution in [0.25, 0.3) is 0 Å². The average Bonchev–Trinajstić information content (AvgIpc) is 2.40. The van der Waals surface area contributed by atoms with E-state index in [2.05, 4.69) is 12.2 Å². The van der Waals surface area contributed by atoms with Gasteiger partial charge in [-0.25, -0.2) is 0 Å². The Labute approximate surface area is 119 Å². The zero-order chi connectivity index (χ0) is 14.1. The molecule has 0 fully saturated rings. The highest BCUT2D eigenvalue weighted by molar-refractivity contribution is 6.17. The minimum Gasteiger partial charge on any atom is -0.311 e. The van der Waals surface area contributed by atoms with Crippen molar-refractivity contribution in [3.63, 3.8) is 0 Å². The lowest BCUT2D eigenvalue weighted by molar-refractivity contribution is -0.00390. The van der Waals surface area contributed by atoms with E-state index < -0.39 is 5.92 Å². The van der Waals surface area contributed by atoms with Gasteiger partial charge in [-0.2, -0.15) is 8.78 Å². The van der Waals surface area contributed by atoms with Crippen molar-refractivity contribution in [3.8, 4) is 0 Å². The van der Waals surface area contributed by atoms with E-state index in [1.807, 2.05) is 0 Å². The van der Waals surface area contributed by atoms with E-state index in [1.54, 1.807) is 18.2 Å². The summed E-state index contributed by atoms with van der Waals surface area (Å²) in [6, 6.07) is 7.94. The van der Waals surface area contributed by atoms with Crippen molar-refractivity contribution in [1.29, 1.82) is 0 Å². The molecule has 1 aromatic rings. The second-order valence-electron chi connectivity index (χ2n) is 4.83. The maximum Gasteiger partial charge on any atom is 0.285 e. The van der Waals surface area contributed by atoms with Gasteiger partial charge in [0, 0.05) is 11.4 Å². The zero-order valence-corrected chi connectivity index (χ0v) is 12.1. The first kappa shape index (κ1) is 16.4. The van der Waals surface area contributed by atoms with E-state index in [1.165, 1.54) is 12.1 Å². The van der Waals surface area contributed by atoms with E-state index in [0.717, 1.165) is 19.3 Å². The van der Waals surface area contributed by atoms with Crippen molar-refractivity contribution in [2.24, 2.45) is 5.92 Å². The van der Waals surface area contributed by atoms with Gasteiger partial charge in [-0.3, -0.25) is 0 Å². The summed E-state index contributed by atoms with van der Waals surface area (Å²) >= 11 is 5.72. The maximum atomic E-state index is 13.9. The molecule has 1 nitrogen and oxygen atoms in total. The Morgan fingerprint density at radius 2 is 1.89 bits per heavy atom. The summed E-state index contributed by atoms with van der Waals surface area (Å²) in [5, 5.41) is 2.89. The number of hydrogen-bond donors (Lipinski definition) is 1. The first-order valence-corrected chi connectivity index (χ1v) is 7.33. The molecule has 0 saturated heterocycles. The average molecular weight is 290 g/mol. The van der Waals surface area contributed by atoms with E-state index >= 15 is 0 Å². The van der Waals surface area contributed by atoms with Crippen LogP contribution < -0.4 is 5.32 Å². The molecule has 1 atom stereocenters. The van der Waals surface area contributed by atoms with Gasteiger partial charge in [-0.15, -0.1) is 11.6 Å². The van der Waals surface area contributed by atoms with Gasteiger partial charge in [0.2, 0.25) is 0 Å². The molecule has 1 N–H and O–H groups in total. The minimum atomic E-state index is -2.82. The molecule has 108 valence electrons. The number of hydrogen-bond acceptors (Lipinski definition) is 1. The molecule has 0 saturated carbocycles. The molecule has 0 heterocycles. The number of halogens is 3. The lowest BCUT2D eigenvalue weighted by atomic mass is 10.0. The predicted octanol–water partition coefficient (Wildman–Crippen LogP) is 4.41. The fraction of sp³-hybridized carbons (Fsp3) is 0.600. The van der Waals surface area contributed by atoms with Crippen molar-refractivity contribution < 1.29 is 8.78 Å². The Morgan fingerprint density at radius 3 is 2.47 bits per heavy atom. The van der Waals surface area contributed by atoms with Gasteiger partial charge in [0.15, 0.2) is 0 Å². The van der Waals surface area contributed by atoms with Gasteiger partial charge in [-0.05, 0) is 25.3 Å². The summed E-state index contributed by atoms with van der Waals surface area (Å²) in [5.74, 6) is -1.85. The molecule has 1 unspecified atom stereocenters. The third-order valence-electron chi connectivity index (χ3n) is 3.19. The van der Waals surface area contributed by atoms with Crippen LogP contribution in [-0.2, 0) is 5.92 Å². The second kappa shape index (κ2) is 8.49. The van der Waals surface area contributed by atoms with E-state index in [-0.39, 0.29) is 12.1 Å². The van der Waals surface area contributed by atoms with E-state index in [0.29, 0.717) is 18.3 Å². The molecule has 1 rings (SSSR count). The Bertz CT molecular complexity index is 337. The van der Waals surface area contributed by atoms with Crippen molar-refractivity contribution in [2.75, 3.05) is 19.0 Å². The Morgan fingerprint density at radius 1 is 1.21 bits per heavy atom. The highest BCUT2D eigenvalue weighted by Gasteiger charge is 2.30. The van der Waals surface area contributed by atoms with Crippen LogP contribution >= 0.6 is 11.6 Å². The van der Waals surface area contributed by atoms with Crippen LogP contribution in [0.4, 0.5) is 8.78 Å². The van der Waals surface area contributed by atoms with Crippen molar-refractivity contribution >= 4 is 11.6 Å². The van der Waals surface area contributed by atoms with Crippen LogP contribution in [0.15, 0.2) is 30.3 Å². The van der Waals surface area contributed by atoms with Gasteiger partial charge in [0.05, 0.1) is 6.54 Å². The van der Waals surface area contributed by atoms with Crippen LogP contribution in [0.3, 0.4) is 0 Å². The summed E-state index contributed by atoms with van der Waals surface area (Å²) in [4.78, 5) is 0. The van der Waals surface area contributed by atoms with Crippen molar-refractivity contribution in [2.45, 2.75) is 32.1 Å². The molecule has 0 aliphatic heterocycles. The number of benzene rings is 1. The number of rotatable bonds is 9. The SMILES string of the molecule is CCCC(CCCl)CNCC(F)(F)c1ccccc1. The summed E-state index contributed by atoms with van der Waals surface area (Å²) in [6.07, 6.45) is 2.95. The van der Waals surface area contributed by atoms with Crippen molar-refractivity contribution in [3.05, 3.63) is 35.9 Å². The predicted molar refractivity (Wildman–Crippen MR) is 76.9 cm³/mol. The van der Waals surface area contributed by atoms with Crippen LogP contribution in [0.2, 0.25) is 0 Å². The quantitative estimate of drug-likeness (QED) is 0.664. The Balaban J connectivity index is 2.42. The fourth-order valence-corrected chi connectivity index (χ4v) is 2.44. The summed E-state index contributed by atoms with van der Waals surface area (Å²) in [5.41, 5.74) is 0.0619. The monoisotopic (exact) mass is 289 g/mol. The lowest BCUT2D eigenvalue weighted by Gasteiger charge is -2.20. The summed E-state index contributed by atoms with van der Waals surface area (Å²) < 4.78 is 27.8. The normalized spacial score (nSPS) is 13.5. The zero-order valence-electron chi connectivity index (χ0n) is 11.3. The molecular weight excluding hydrogens is 268 g/mol. The molecular formula is C15H22ClF2N. The third kappa shape index (κ3) is 5.87. The second-order valence-corrected chi connectivity index (χ2v) is 5.21. The number of nitrogens with one attached hydrogen (secondary N) is 1. The minimum absolute atomic E-state index is 0.0619. The summed E-state index contributed by atoms with van der Waals surface area (Å²) in [7, 11) is 0. The van der Waals surface area contributed by atoms with Crippen LogP contribution in [0.5, 0.6) is 0 Å². The topological polar surface area (TPSA) is 12.0 Å². The fourth-order valence-electron chi connectivity index (χ4n) is 2.13. The van der Waals surface area contributed by atoms with Gasteiger partial charge in [-0.1, -0.05) is 43.7 Å². The first-order chi connectivity index (χ1) is 9.10. The molecule has 0 aliphatic carbocycles. The molecule has 0 bridgehead atoms. The maximum absolute atomic E-state index is 13.9. The lowest BCUT2D eigenvalue weighted by Crippen LogP contribution is -2.34. The molecule has 0 radical (unpaired) electrons. The summed E-state index contributed by atoms with van der Waals surface area (Å²) in [6.45, 7) is 2.38. The first-order valence-electron chi connectivity index (χ1n) is 6.80. The smallest absolute Gasteiger partial charge is 0.285 e. The Hall–Kier alpha value is -0.670. The van der Waals surface area contributed by atoms with Crippen LogP contribution in [-0.4, -0.2) is 19.0 Å². The molecule has 4 heteroatoms. The van der Waals surface area contributed by atoms with Crippen molar-refractivity contribution in [1.82, 2.24) is 5.32 Å². The van der Waals surface area contributed by atoms with Gasteiger partial charge >= 0.3 is 0 Å². The molecule has 1 aromatic carbocycles. The third-order valence-corrected chi connectivity index (χ3v) is 3.41. The van der Waals surface area contributed by atoms with E-state index in [9.17, 15) is 8.78 Å². The highest BCUT2D eigenvalue weighted by Crippen LogP contribution is 2.26. The Kier molecular flexibility index (Phi) is 7.32. The standard InChI is InChI=1S/C15H22ClF2N/c1-2-6-13(9-10-16)11-19-12-15(17,18)14-7-4-3-5-8-14/h3-5,7-8,13,19H,2,6,9-12H2,1H3. The van der Waals surface area contributed by atoms with Gasteiger partial charge < -0.3 is 5.32 Å². The molecule has 0 aromatic heterocycles. The van der Waals surface area contributed by atoms with Gasteiger partial charge in [0.1, 0.15) is 0 Å². The van der Waals surface area contributed by atoms with Gasteiger partial charge in [0.25, 0.3) is 5.92 Å². The molecule has 0 spiro atoms. The number of alkyl halides is 3. The largest absolute Gasteiger partial charge is 0.311 e. The highest BCUT2D eigenvalue weighted by atomic mass is 35.5. The molecule has 0 aliphatic rings. The molecule has 19 heavy (non-hydrogen) atoms.